The van der Waals surface area contributed by atoms with Gasteiger partial charge in [0.1, 0.15) is 12.6 Å². The minimum Gasteiger partial charge on any atom is -0.480 e. The Morgan fingerprint density at radius 2 is 1.69 bits per heavy atom. The van der Waals surface area contributed by atoms with Crippen LogP contribution in [0.4, 0.5) is 4.79 Å². The molecule has 29 heavy (non-hydrogen) atoms. The Kier molecular flexibility index (Phi) is 6.99. The third-order valence-corrected chi connectivity index (χ3v) is 5.80. The fourth-order valence-electron chi connectivity index (χ4n) is 3.37. The average molecular weight is 412 g/mol. The minimum atomic E-state index is -1.07. The molecule has 0 bridgehead atoms. The van der Waals surface area contributed by atoms with Gasteiger partial charge in [0.25, 0.3) is 0 Å². The van der Waals surface area contributed by atoms with Gasteiger partial charge in [-0.3, -0.25) is 0 Å². The second-order valence-electron chi connectivity index (χ2n) is 7.18. The molecule has 0 aliphatic heterocycles. The molecule has 1 aliphatic carbocycles. The third-order valence-electron chi connectivity index (χ3n) is 4.83. The van der Waals surface area contributed by atoms with Crippen LogP contribution in [0.15, 0.2) is 60.2 Å². The molecule has 152 valence electrons. The van der Waals surface area contributed by atoms with E-state index in [1.807, 2.05) is 56.3 Å². The van der Waals surface area contributed by atoms with Crippen molar-refractivity contribution in [1.29, 1.82) is 0 Å². The number of carbonyl (C=O) groups excluding carboxylic acids is 1. The smallest absolute Gasteiger partial charge is 0.407 e. The van der Waals surface area contributed by atoms with Crippen molar-refractivity contribution in [3.63, 3.8) is 0 Å². The van der Waals surface area contributed by atoms with Gasteiger partial charge in [-0.25, -0.2) is 9.59 Å². The number of carboxylic acid groups (broad SMARTS) is 1. The van der Waals surface area contributed by atoms with Crippen molar-refractivity contribution in [3.05, 3.63) is 71.3 Å². The highest BCUT2D eigenvalue weighted by Gasteiger charge is 2.29. The fourth-order valence-corrected chi connectivity index (χ4v) is 4.42. The molecule has 0 saturated carbocycles. The Morgan fingerprint density at radius 1 is 1.10 bits per heavy atom. The van der Waals surface area contributed by atoms with Gasteiger partial charge in [-0.2, -0.15) is 11.8 Å². The van der Waals surface area contributed by atoms with Gasteiger partial charge in [-0.1, -0.05) is 60.2 Å². The Labute approximate surface area is 175 Å². The summed E-state index contributed by atoms with van der Waals surface area (Å²) in [4.78, 5) is 23.7. The van der Waals surface area contributed by atoms with E-state index >= 15 is 0 Å². The van der Waals surface area contributed by atoms with Crippen LogP contribution in [0.1, 0.15) is 30.9 Å². The molecule has 0 heterocycles. The van der Waals surface area contributed by atoms with Crippen molar-refractivity contribution in [2.75, 3.05) is 18.1 Å². The minimum absolute atomic E-state index is 0.0523. The molecule has 3 rings (SSSR count). The number of carbonyl (C=O) groups is 2. The first kappa shape index (κ1) is 21.0. The summed E-state index contributed by atoms with van der Waals surface area (Å²) in [5.74, 6) is -0.131. The predicted molar refractivity (Wildman–Crippen MR) is 116 cm³/mol. The summed E-state index contributed by atoms with van der Waals surface area (Å²) in [5, 5.41) is 11.8. The van der Waals surface area contributed by atoms with Crippen LogP contribution in [0, 0.1) is 0 Å². The van der Waals surface area contributed by atoms with E-state index in [1.54, 1.807) is 0 Å². The first-order valence-corrected chi connectivity index (χ1v) is 10.7. The number of alkyl carbamates (subject to hydrolysis) is 1. The molecule has 2 aromatic carbocycles. The lowest BCUT2D eigenvalue weighted by Crippen LogP contribution is -2.43. The van der Waals surface area contributed by atoms with Gasteiger partial charge in [-0.05, 0) is 36.1 Å². The van der Waals surface area contributed by atoms with E-state index in [9.17, 15) is 14.7 Å². The molecule has 0 spiro atoms. The van der Waals surface area contributed by atoms with E-state index in [0.717, 1.165) is 22.3 Å². The van der Waals surface area contributed by atoms with Crippen molar-refractivity contribution in [2.45, 2.75) is 25.8 Å². The normalized spacial score (nSPS) is 13.2. The lowest BCUT2D eigenvalue weighted by atomic mass is 9.98. The first-order valence-electron chi connectivity index (χ1n) is 9.52. The summed E-state index contributed by atoms with van der Waals surface area (Å²) in [6, 6.07) is 15.2. The van der Waals surface area contributed by atoms with Crippen LogP contribution >= 0.6 is 11.8 Å². The zero-order valence-electron chi connectivity index (χ0n) is 16.6. The van der Waals surface area contributed by atoms with E-state index in [2.05, 4.69) is 17.4 Å². The summed E-state index contributed by atoms with van der Waals surface area (Å²) < 4.78 is 5.43. The van der Waals surface area contributed by atoms with Crippen LogP contribution in [0.25, 0.3) is 11.1 Å². The van der Waals surface area contributed by atoms with Crippen LogP contribution in [0.2, 0.25) is 0 Å². The maximum absolute atomic E-state index is 12.3. The standard InChI is InChI=1S/C23H25NO4S/c1-15(2)11-12-29-14-21(22(25)26)24-23(27)28-13-20-18-9-5-3-7-16(18)17-8-4-6-10-19(17)20/h3-11,20-21H,12-14H2,1-2H3,(H,24,27)(H,25,26)/t21-/m0/s1. The van der Waals surface area contributed by atoms with Crippen LogP contribution in [-0.2, 0) is 9.53 Å². The lowest BCUT2D eigenvalue weighted by Gasteiger charge is -2.17. The van der Waals surface area contributed by atoms with E-state index in [4.69, 9.17) is 4.74 Å². The predicted octanol–water partition coefficient (Wildman–Crippen LogP) is 4.68. The fraction of sp³-hybridized carbons (Fsp3) is 0.304. The van der Waals surface area contributed by atoms with Gasteiger partial charge in [-0.15, -0.1) is 0 Å². The number of thioether (sulfide) groups is 1. The molecule has 6 heteroatoms. The molecule has 0 unspecified atom stereocenters. The number of hydrogen-bond acceptors (Lipinski definition) is 4. The molecule has 1 amide bonds. The average Bonchev–Trinajstić information content (AvgIpc) is 3.02. The highest BCUT2D eigenvalue weighted by Crippen LogP contribution is 2.44. The second kappa shape index (κ2) is 9.65. The summed E-state index contributed by atoms with van der Waals surface area (Å²) in [5.41, 5.74) is 5.71. The molecular formula is C23H25NO4S. The largest absolute Gasteiger partial charge is 0.480 e. The van der Waals surface area contributed by atoms with E-state index in [0.29, 0.717) is 5.75 Å². The lowest BCUT2D eigenvalue weighted by molar-refractivity contribution is -0.138. The molecular weight excluding hydrogens is 386 g/mol. The number of fused-ring (bicyclic) bond motifs is 3. The molecule has 0 aromatic heterocycles. The Morgan fingerprint density at radius 3 is 2.24 bits per heavy atom. The molecule has 0 saturated heterocycles. The number of carboxylic acids is 1. The highest BCUT2D eigenvalue weighted by atomic mass is 32.2. The summed E-state index contributed by atoms with van der Waals surface area (Å²) in [6.07, 6.45) is 1.32. The van der Waals surface area contributed by atoms with E-state index in [1.165, 1.54) is 17.3 Å². The SMILES string of the molecule is CC(C)=CCSC[C@H](NC(=O)OCC1c2ccccc2-c2ccccc21)C(=O)O. The Bertz CT molecular complexity index is 875. The number of hydrogen-bond donors (Lipinski definition) is 2. The number of aliphatic carboxylic acids is 1. The van der Waals surface area contributed by atoms with Crippen molar-refractivity contribution in [3.8, 4) is 11.1 Å². The Hall–Kier alpha value is -2.73. The third kappa shape index (κ3) is 5.21. The van der Waals surface area contributed by atoms with Crippen molar-refractivity contribution in [1.82, 2.24) is 5.32 Å². The molecule has 0 radical (unpaired) electrons. The topological polar surface area (TPSA) is 75.6 Å². The summed E-state index contributed by atoms with van der Waals surface area (Å²) >= 11 is 1.46. The molecule has 1 atom stereocenters. The quantitative estimate of drug-likeness (QED) is 0.487. The second-order valence-corrected chi connectivity index (χ2v) is 8.25. The maximum atomic E-state index is 12.3. The zero-order chi connectivity index (χ0) is 20.8. The van der Waals surface area contributed by atoms with Gasteiger partial charge >= 0.3 is 12.1 Å². The Balaban J connectivity index is 1.60. The van der Waals surface area contributed by atoms with Crippen molar-refractivity contribution < 1.29 is 19.4 Å². The van der Waals surface area contributed by atoms with Crippen LogP contribution < -0.4 is 5.32 Å². The van der Waals surface area contributed by atoms with Gasteiger partial charge < -0.3 is 15.2 Å². The number of allylic oxidation sites excluding steroid dienone is 1. The van der Waals surface area contributed by atoms with Crippen molar-refractivity contribution in [2.24, 2.45) is 0 Å². The summed E-state index contributed by atoms with van der Waals surface area (Å²) in [6.45, 7) is 4.14. The van der Waals surface area contributed by atoms with Crippen LogP contribution in [-0.4, -0.2) is 41.3 Å². The van der Waals surface area contributed by atoms with Gasteiger partial charge in [0.05, 0.1) is 0 Å². The molecule has 2 N–H and O–H groups in total. The maximum Gasteiger partial charge on any atom is 0.407 e. The molecule has 0 fully saturated rings. The highest BCUT2D eigenvalue weighted by molar-refractivity contribution is 7.99. The van der Waals surface area contributed by atoms with Crippen molar-refractivity contribution >= 4 is 23.8 Å². The van der Waals surface area contributed by atoms with Crippen LogP contribution in [0.5, 0.6) is 0 Å². The number of nitrogens with one attached hydrogen (secondary N) is 1. The zero-order valence-corrected chi connectivity index (χ0v) is 17.4. The monoisotopic (exact) mass is 411 g/mol. The van der Waals surface area contributed by atoms with Crippen LogP contribution in [0.3, 0.4) is 0 Å². The number of amides is 1. The molecule has 5 nitrogen and oxygen atoms in total. The molecule has 1 aliphatic rings. The van der Waals surface area contributed by atoms with Gasteiger partial charge in [0.2, 0.25) is 0 Å². The number of rotatable bonds is 8. The van der Waals surface area contributed by atoms with E-state index < -0.39 is 18.1 Å². The molecule has 2 aromatic rings. The number of ether oxygens (including phenoxy) is 1. The number of benzene rings is 2. The van der Waals surface area contributed by atoms with Gasteiger partial charge in [0.15, 0.2) is 0 Å². The summed E-state index contributed by atoms with van der Waals surface area (Å²) in [7, 11) is 0. The van der Waals surface area contributed by atoms with E-state index in [-0.39, 0.29) is 18.3 Å². The van der Waals surface area contributed by atoms with Gasteiger partial charge in [0, 0.05) is 17.4 Å². The first-order chi connectivity index (χ1) is 14.0.